The number of carbonyl (C=O) groups excluding carboxylic acids is 1. The Kier molecular flexibility index (Phi) is 1.40. The topological polar surface area (TPSA) is 26.3 Å². The molecule has 1 aliphatic heterocycles. The summed E-state index contributed by atoms with van der Waals surface area (Å²) in [5.41, 5.74) is 0.773. The van der Waals surface area contributed by atoms with Gasteiger partial charge in [-0.05, 0) is 38.3 Å². The van der Waals surface area contributed by atoms with Gasteiger partial charge in [-0.15, -0.1) is 0 Å². The zero-order valence-electron chi connectivity index (χ0n) is 7.39. The fraction of sp³-hybridized carbons (Fsp3) is 0.500. The minimum absolute atomic E-state index is 0.112. The fourth-order valence-corrected chi connectivity index (χ4v) is 1.71. The quantitative estimate of drug-likeness (QED) is 0.513. The molecule has 2 heteroatoms. The Morgan fingerprint density at radius 3 is 2.92 bits per heavy atom. The second-order valence-electron chi connectivity index (χ2n) is 3.80. The maximum atomic E-state index is 11.4. The molecule has 0 aromatic carbocycles. The lowest BCUT2D eigenvalue weighted by Crippen LogP contribution is -2.21. The Hall–Kier alpha value is -1.05. The predicted molar refractivity (Wildman–Crippen MR) is 45.3 cm³/mol. The Balaban J connectivity index is 2.45. The van der Waals surface area contributed by atoms with Crippen molar-refractivity contribution in [2.45, 2.75) is 26.7 Å². The van der Waals surface area contributed by atoms with Crippen molar-refractivity contribution in [1.82, 2.24) is 0 Å². The SMILES string of the molecule is CC1(C)C(=O)OC2=C1CCC=C2. The van der Waals surface area contributed by atoms with Crippen LogP contribution in [0.25, 0.3) is 0 Å². The summed E-state index contributed by atoms with van der Waals surface area (Å²) < 4.78 is 5.13. The predicted octanol–water partition coefficient (Wildman–Crippen LogP) is 2.17. The highest BCUT2D eigenvalue weighted by molar-refractivity contribution is 5.84. The molecule has 0 unspecified atom stereocenters. The molecule has 1 aliphatic carbocycles. The molecule has 0 bridgehead atoms. The van der Waals surface area contributed by atoms with Crippen molar-refractivity contribution in [1.29, 1.82) is 0 Å². The van der Waals surface area contributed by atoms with Gasteiger partial charge < -0.3 is 4.74 Å². The zero-order chi connectivity index (χ0) is 8.77. The average molecular weight is 164 g/mol. The van der Waals surface area contributed by atoms with Crippen molar-refractivity contribution in [3.8, 4) is 0 Å². The van der Waals surface area contributed by atoms with Crippen LogP contribution < -0.4 is 0 Å². The van der Waals surface area contributed by atoms with Gasteiger partial charge in [0.15, 0.2) is 0 Å². The van der Waals surface area contributed by atoms with Gasteiger partial charge in [0.2, 0.25) is 0 Å². The molecule has 0 amide bonds. The molecule has 0 radical (unpaired) electrons. The summed E-state index contributed by atoms with van der Waals surface area (Å²) in [5.74, 6) is 0.676. The molecule has 2 aliphatic rings. The minimum Gasteiger partial charge on any atom is -0.426 e. The van der Waals surface area contributed by atoms with Gasteiger partial charge >= 0.3 is 5.97 Å². The summed E-state index contributed by atoms with van der Waals surface area (Å²) in [7, 11) is 0. The normalized spacial score (nSPS) is 25.7. The van der Waals surface area contributed by atoms with E-state index in [1.165, 1.54) is 0 Å². The molecular formula is C10H12O2. The molecule has 2 rings (SSSR count). The van der Waals surface area contributed by atoms with Crippen LogP contribution in [0.15, 0.2) is 23.5 Å². The van der Waals surface area contributed by atoms with Crippen molar-refractivity contribution in [3.05, 3.63) is 23.5 Å². The van der Waals surface area contributed by atoms with Gasteiger partial charge in [0.25, 0.3) is 0 Å². The van der Waals surface area contributed by atoms with Crippen LogP contribution in [0.2, 0.25) is 0 Å². The Morgan fingerprint density at radius 1 is 1.50 bits per heavy atom. The van der Waals surface area contributed by atoms with Crippen molar-refractivity contribution < 1.29 is 9.53 Å². The van der Waals surface area contributed by atoms with Gasteiger partial charge in [-0.2, -0.15) is 0 Å². The van der Waals surface area contributed by atoms with E-state index < -0.39 is 0 Å². The van der Waals surface area contributed by atoms with Gasteiger partial charge in [0.05, 0.1) is 5.41 Å². The van der Waals surface area contributed by atoms with Crippen LogP contribution in [0.3, 0.4) is 0 Å². The summed E-state index contributed by atoms with van der Waals surface area (Å²) in [6, 6.07) is 0. The lowest BCUT2D eigenvalue weighted by atomic mass is 9.81. The van der Waals surface area contributed by atoms with E-state index in [4.69, 9.17) is 4.74 Å². The molecule has 0 spiro atoms. The third-order valence-corrected chi connectivity index (χ3v) is 2.60. The Bertz CT molecular complexity index is 295. The van der Waals surface area contributed by atoms with E-state index in [0.717, 1.165) is 24.2 Å². The molecule has 0 fully saturated rings. The van der Waals surface area contributed by atoms with E-state index >= 15 is 0 Å². The van der Waals surface area contributed by atoms with E-state index in [1.54, 1.807) is 0 Å². The highest BCUT2D eigenvalue weighted by atomic mass is 16.5. The first-order chi connectivity index (χ1) is 5.62. The molecule has 0 aromatic rings. The van der Waals surface area contributed by atoms with Gasteiger partial charge in [-0.3, -0.25) is 4.79 Å². The standard InChI is InChI=1S/C10H12O2/c1-10(2)7-5-3-4-6-8(7)12-9(10)11/h4,6H,3,5H2,1-2H3. The molecule has 0 saturated carbocycles. The lowest BCUT2D eigenvalue weighted by Gasteiger charge is -2.17. The van der Waals surface area contributed by atoms with E-state index in [1.807, 2.05) is 26.0 Å². The molecule has 12 heavy (non-hydrogen) atoms. The van der Waals surface area contributed by atoms with Crippen LogP contribution in [0.5, 0.6) is 0 Å². The van der Waals surface area contributed by atoms with Crippen LogP contribution in [0, 0.1) is 5.41 Å². The number of hydrogen-bond donors (Lipinski definition) is 0. The summed E-state index contributed by atoms with van der Waals surface area (Å²) in [5, 5.41) is 0. The molecular weight excluding hydrogens is 152 g/mol. The monoisotopic (exact) mass is 164 g/mol. The maximum absolute atomic E-state index is 11.4. The molecule has 0 atom stereocenters. The third kappa shape index (κ3) is 0.840. The number of rotatable bonds is 0. The fourth-order valence-electron chi connectivity index (χ4n) is 1.71. The molecule has 0 saturated heterocycles. The third-order valence-electron chi connectivity index (χ3n) is 2.60. The highest BCUT2D eigenvalue weighted by Crippen LogP contribution is 2.42. The molecule has 1 heterocycles. The van der Waals surface area contributed by atoms with Crippen LogP contribution >= 0.6 is 0 Å². The smallest absolute Gasteiger partial charge is 0.321 e. The van der Waals surface area contributed by atoms with Gasteiger partial charge in [0, 0.05) is 0 Å². The largest absolute Gasteiger partial charge is 0.426 e. The summed E-state index contributed by atoms with van der Waals surface area (Å²) in [6.45, 7) is 3.85. The number of carbonyl (C=O) groups is 1. The van der Waals surface area contributed by atoms with E-state index in [9.17, 15) is 4.79 Å². The van der Waals surface area contributed by atoms with Gasteiger partial charge in [-0.1, -0.05) is 6.08 Å². The van der Waals surface area contributed by atoms with Crippen LogP contribution in [-0.4, -0.2) is 5.97 Å². The molecule has 2 nitrogen and oxygen atoms in total. The van der Waals surface area contributed by atoms with Crippen molar-refractivity contribution >= 4 is 5.97 Å². The Labute approximate surface area is 71.9 Å². The van der Waals surface area contributed by atoms with Crippen molar-refractivity contribution in [2.75, 3.05) is 0 Å². The van der Waals surface area contributed by atoms with Gasteiger partial charge in [0.1, 0.15) is 5.76 Å². The Morgan fingerprint density at radius 2 is 2.25 bits per heavy atom. The molecule has 0 N–H and O–H groups in total. The van der Waals surface area contributed by atoms with Crippen molar-refractivity contribution in [2.24, 2.45) is 5.41 Å². The number of allylic oxidation sites excluding steroid dienone is 2. The van der Waals surface area contributed by atoms with Crippen LogP contribution in [-0.2, 0) is 9.53 Å². The lowest BCUT2D eigenvalue weighted by molar-refractivity contribution is -0.143. The van der Waals surface area contributed by atoms with E-state index in [-0.39, 0.29) is 11.4 Å². The first-order valence-electron chi connectivity index (χ1n) is 4.25. The second kappa shape index (κ2) is 2.22. The van der Waals surface area contributed by atoms with Crippen LogP contribution in [0.4, 0.5) is 0 Å². The highest BCUT2D eigenvalue weighted by Gasteiger charge is 2.42. The van der Waals surface area contributed by atoms with Crippen LogP contribution in [0.1, 0.15) is 26.7 Å². The second-order valence-corrected chi connectivity index (χ2v) is 3.80. The summed E-state index contributed by atoms with van der Waals surface area (Å²) in [6.07, 6.45) is 5.95. The van der Waals surface area contributed by atoms with E-state index in [2.05, 4.69) is 0 Å². The van der Waals surface area contributed by atoms with Crippen molar-refractivity contribution in [3.63, 3.8) is 0 Å². The number of ether oxygens (including phenoxy) is 1. The summed E-state index contributed by atoms with van der Waals surface area (Å²) in [4.78, 5) is 11.4. The number of esters is 1. The minimum atomic E-state index is -0.389. The first-order valence-corrected chi connectivity index (χ1v) is 4.25. The van der Waals surface area contributed by atoms with Gasteiger partial charge in [-0.25, -0.2) is 0 Å². The molecule has 0 aromatic heterocycles. The maximum Gasteiger partial charge on any atom is 0.321 e. The number of hydrogen-bond acceptors (Lipinski definition) is 2. The van der Waals surface area contributed by atoms with E-state index in [0.29, 0.717) is 0 Å². The molecule has 64 valence electrons. The first kappa shape index (κ1) is 7.59. The average Bonchev–Trinajstić information content (AvgIpc) is 2.25. The summed E-state index contributed by atoms with van der Waals surface area (Å²) >= 11 is 0. The zero-order valence-corrected chi connectivity index (χ0v) is 7.39.